The second-order valence-corrected chi connectivity index (χ2v) is 3.01. The molecule has 1 aromatic rings. The number of hydrogen-bond acceptors (Lipinski definition) is 1. The van der Waals surface area contributed by atoms with Crippen LogP contribution >= 0.6 is 0 Å². The van der Waals surface area contributed by atoms with Gasteiger partial charge in [0.15, 0.2) is 0 Å². The van der Waals surface area contributed by atoms with Crippen molar-refractivity contribution < 1.29 is 4.79 Å². The first-order valence-corrected chi connectivity index (χ1v) is 4.63. The maximum atomic E-state index is 11.1. The van der Waals surface area contributed by atoms with E-state index in [1.807, 2.05) is 37.3 Å². The molecule has 0 bridgehead atoms. The maximum absolute atomic E-state index is 11.1. The molecule has 2 nitrogen and oxygen atoms in total. The lowest BCUT2D eigenvalue weighted by molar-refractivity contribution is -0.121. The van der Waals surface area contributed by atoms with Gasteiger partial charge in [0.1, 0.15) is 0 Å². The van der Waals surface area contributed by atoms with Gasteiger partial charge in [-0.05, 0) is 12.0 Å². The van der Waals surface area contributed by atoms with Crippen molar-refractivity contribution in [2.75, 3.05) is 0 Å². The third kappa shape index (κ3) is 3.74. The molecule has 0 fully saturated rings. The number of carbonyl (C=O) groups excluding carboxylic acids is 1. The van der Waals surface area contributed by atoms with Gasteiger partial charge < -0.3 is 5.32 Å². The highest BCUT2D eigenvalue weighted by Gasteiger charge is 1.97. The van der Waals surface area contributed by atoms with Crippen molar-refractivity contribution in [2.24, 2.45) is 0 Å². The quantitative estimate of drug-likeness (QED) is 0.749. The number of carbonyl (C=O) groups is 1. The molecule has 0 aliphatic rings. The molecular formula is C11H15NO. The van der Waals surface area contributed by atoms with Crippen LogP contribution in [0.1, 0.15) is 25.3 Å². The van der Waals surface area contributed by atoms with E-state index in [1.165, 1.54) is 0 Å². The molecule has 0 saturated heterocycles. The molecule has 0 spiro atoms. The molecule has 13 heavy (non-hydrogen) atoms. The Morgan fingerprint density at radius 2 is 2.00 bits per heavy atom. The summed E-state index contributed by atoms with van der Waals surface area (Å²) in [4.78, 5) is 11.1. The fraction of sp³-hybridized carbons (Fsp3) is 0.364. The van der Waals surface area contributed by atoms with Crippen LogP contribution in [0, 0.1) is 0 Å². The summed E-state index contributed by atoms with van der Waals surface area (Å²) >= 11 is 0. The van der Waals surface area contributed by atoms with Crippen molar-refractivity contribution in [1.29, 1.82) is 0 Å². The molecule has 0 aliphatic heterocycles. The highest BCUT2D eigenvalue weighted by molar-refractivity contribution is 5.75. The zero-order chi connectivity index (χ0) is 9.52. The lowest BCUT2D eigenvalue weighted by Gasteiger charge is -2.03. The first kappa shape index (κ1) is 9.78. The van der Waals surface area contributed by atoms with Crippen LogP contribution in [0.25, 0.3) is 0 Å². The van der Waals surface area contributed by atoms with Gasteiger partial charge in [0, 0.05) is 13.0 Å². The monoisotopic (exact) mass is 177 g/mol. The molecule has 0 unspecified atom stereocenters. The predicted octanol–water partition coefficient (Wildman–Crippen LogP) is 2.10. The Hall–Kier alpha value is -1.31. The van der Waals surface area contributed by atoms with Gasteiger partial charge in [-0.3, -0.25) is 4.79 Å². The zero-order valence-electron chi connectivity index (χ0n) is 7.92. The van der Waals surface area contributed by atoms with Crippen LogP contribution in [-0.4, -0.2) is 5.91 Å². The third-order valence-electron chi connectivity index (χ3n) is 1.81. The van der Waals surface area contributed by atoms with Crippen LogP contribution in [0.5, 0.6) is 0 Å². The summed E-state index contributed by atoms with van der Waals surface area (Å²) in [6, 6.07) is 9.93. The Labute approximate surface area is 79.0 Å². The average Bonchev–Trinajstić information content (AvgIpc) is 2.17. The summed E-state index contributed by atoms with van der Waals surface area (Å²) in [5, 5.41) is 2.86. The van der Waals surface area contributed by atoms with Gasteiger partial charge in [0.25, 0.3) is 0 Å². The van der Waals surface area contributed by atoms with Crippen molar-refractivity contribution >= 4 is 5.91 Å². The average molecular weight is 177 g/mol. The summed E-state index contributed by atoms with van der Waals surface area (Å²) in [5.74, 6) is 0.131. The number of hydrogen-bond donors (Lipinski definition) is 1. The largest absolute Gasteiger partial charge is 0.352 e. The molecule has 0 aromatic heterocycles. The van der Waals surface area contributed by atoms with Gasteiger partial charge in [0.2, 0.25) is 5.91 Å². The number of amides is 1. The van der Waals surface area contributed by atoms with Crippen LogP contribution in [0.2, 0.25) is 0 Å². The van der Waals surface area contributed by atoms with Gasteiger partial charge in [-0.1, -0.05) is 37.3 Å². The van der Waals surface area contributed by atoms with Gasteiger partial charge in [-0.15, -0.1) is 0 Å². The molecule has 1 N–H and O–H groups in total. The minimum atomic E-state index is 0.131. The predicted molar refractivity (Wildman–Crippen MR) is 53.2 cm³/mol. The fourth-order valence-electron chi connectivity index (χ4n) is 1.11. The molecule has 0 saturated carbocycles. The Balaban J connectivity index is 2.31. The topological polar surface area (TPSA) is 29.1 Å². The van der Waals surface area contributed by atoms with E-state index in [9.17, 15) is 4.79 Å². The summed E-state index contributed by atoms with van der Waals surface area (Å²) in [6.07, 6.45) is 1.52. The highest BCUT2D eigenvalue weighted by Crippen LogP contribution is 1.97. The van der Waals surface area contributed by atoms with Crippen LogP contribution in [0.15, 0.2) is 30.3 Å². The summed E-state index contributed by atoms with van der Waals surface area (Å²) in [6.45, 7) is 2.64. The van der Waals surface area contributed by atoms with E-state index in [4.69, 9.17) is 0 Å². The molecule has 0 atom stereocenters. The molecule has 0 heterocycles. The highest BCUT2D eigenvalue weighted by atomic mass is 16.1. The smallest absolute Gasteiger partial charge is 0.220 e. The van der Waals surface area contributed by atoms with E-state index in [0.29, 0.717) is 13.0 Å². The first-order chi connectivity index (χ1) is 6.33. The lowest BCUT2D eigenvalue weighted by Crippen LogP contribution is -2.21. The number of benzene rings is 1. The molecule has 2 heteroatoms. The van der Waals surface area contributed by atoms with Gasteiger partial charge >= 0.3 is 0 Å². The number of rotatable bonds is 4. The standard InChI is InChI=1S/C11H15NO/c1-2-6-11(13)12-9-10-7-4-3-5-8-10/h3-5,7-8H,2,6,9H2,1H3,(H,12,13). The normalized spacial score (nSPS) is 9.62. The second-order valence-electron chi connectivity index (χ2n) is 3.01. The van der Waals surface area contributed by atoms with Gasteiger partial charge in [0.05, 0.1) is 0 Å². The van der Waals surface area contributed by atoms with E-state index in [2.05, 4.69) is 5.32 Å². The molecular weight excluding hydrogens is 162 g/mol. The van der Waals surface area contributed by atoms with Crippen molar-refractivity contribution in [3.8, 4) is 0 Å². The van der Waals surface area contributed by atoms with E-state index in [-0.39, 0.29) is 5.91 Å². The Morgan fingerprint density at radius 1 is 1.31 bits per heavy atom. The van der Waals surface area contributed by atoms with E-state index >= 15 is 0 Å². The van der Waals surface area contributed by atoms with Crippen LogP contribution in [-0.2, 0) is 11.3 Å². The Kier molecular flexibility index (Phi) is 4.03. The zero-order valence-corrected chi connectivity index (χ0v) is 7.92. The SMILES string of the molecule is CCCC(=O)NCc1ccccc1. The molecule has 1 rings (SSSR count). The van der Waals surface area contributed by atoms with Crippen LogP contribution in [0.4, 0.5) is 0 Å². The van der Waals surface area contributed by atoms with E-state index in [0.717, 1.165) is 12.0 Å². The summed E-state index contributed by atoms with van der Waals surface area (Å²) < 4.78 is 0. The van der Waals surface area contributed by atoms with E-state index < -0.39 is 0 Å². The van der Waals surface area contributed by atoms with Gasteiger partial charge in [-0.25, -0.2) is 0 Å². The van der Waals surface area contributed by atoms with Crippen LogP contribution < -0.4 is 5.32 Å². The fourth-order valence-corrected chi connectivity index (χ4v) is 1.11. The minimum Gasteiger partial charge on any atom is -0.352 e. The van der Waals surface area contributed by atoms with Crippen LogP contribution in [0.3, 0.4) is 0 Å². The second kappa shape index (κ2) is 5.36. The lowest BCUT2D eigenvalue weighted by atomic mass is 10.2. The molecule has 70 valence electrons. The third-order valence-corrected chi connectivity index (χ3v) is 1.81. The molecule has 0 radical (unpaired) electrons. The molecule has 0 aliphatic carbocycles. The van der Waals surface area contributed by atoms with Crippen molar-refractivity contribution in [3.05, 3.63) is 35.9 Å². The molecule has 1 amide bonds. The maximum Gasteiger partial charge on any atom is 0.220 e. The van der Waals surface area contributed by atoms with Crippen molar-refractivity contribution in [2.45, 2.75) is 26.3 Å². The summed E-state index contributed by atoms with van der Waals surface area (Å²) in [5.41, 5.74) is 1.15. The van der Waals surface area contributed by atoms with Crippen molar-refractivity contribution in [3.63, 3.8) is 0 Å². The summed E-state index contributed by atoms with van der Waals surface area (Å²) in [7, 11) is 0. The number of nitrogens with one attached hydrogen (secondary N) is 1. The van der Waals surface area contributed by atoms with E-state index in [1.54, 1.807) is 0 Å². The van der Waals surface area contributed by atoms with Crippen molar-refractivity contribution in [1.82, 2.24) is 5.32 Å². The first-order valence-electron chi connectivity index (χ1n) is 4.63. The minimum absolute atomic E-state index is 0.131. The molecule has 1 aromatic carbocycles. The Morgan fingerprint density at radius 3 is 2.62 bits per heavy atom. The Bertz CT molecular complexity index is 256. The van der Waals surface area contributed by atoms with Gasteiger partial charge in [-0.2, -0.15) is 0 Å².